The van der Waals surface area contributed by atoms with Gasteiger partial charge in [0.25, 0.3) is 5.91 Å². The van der Waals surface area contributed by atoms with Crippen molar-refractivity contribution in [3.8, 4) is 0 Å². The molecule has 2 aromatic rings. The van der Waals surface area contributed by atoms with Gasteiger partial charge in [0.15, 0.2) is 5.78 Å². The maximum atomic E-state index is 12.4. The Hall–Kier alpha value is -2.76. The minimum atomic E-state index is -0.299. The van der Waals surface area contributed by atoms with Gasteiger partial charge in [0.2, 0.25) is 5.95 Å². The molecule has 0 bridgehead atoms. The number of aromatic nitrogens is 2. The van der Waals surface area contributed by atoms with Crippen LogP contribution in [0.4, 0.5) is 11.6 Å². The molecule has 1 aliphatic carbocycles. The van der Waals surface area contributed by atoms with E-state index in [9.17, 15) is 9.59 Å². The molecule has 2 N–H and O–H groups in total. The summed E-state index contributed by atoms with van der Waals surface area (Å²) in [4.78, 5) is 32.3. The zero-order chi connectivity index (χ0) is 18.4. The van der Waals surface area contributed by atoms with Gasteiger partial charge in [0.1, 0.15) is 5.69 Å². The number of anilines is 2. The summed E-state index contributed by atoms with van der Waals surface area (Å²) in [5.74, 6) is 0.191. The van der Waals surface area contributed by atoms with Gasteiger partial charge in [-0.15, -0.1) is 0 Å². The van der Waals surface area contributed by atoms with E-state index in [1.165, 1.54) is 32.6 Å². The second kappa shape index (κ2) is 8.56. The molecule has 1 aromatic carbocycles. The number of Topliss-reactive ketones (excluding diaryl/α,β-unsaturated/α-hetero) is 1. The largest absolute Gasteiger partial charge is 0.351 e. The number of amides is 1. The number of carbonyl (C=O) groups excluding carboxylic acids is 2. The van der Waals surface area contributed by atoms with Crippen LogP contribution in [0.15, 0.2) is 36.5 Å². The standard InChI is InChI=1S/C20H24N4O2/c1-14(25)15-8-10-17(11-9-15)22-19(26)18-12-13-21-20(24-18)23-16-6-4-2-3-5-7-16/h8-13,16H,2-7H2,1H3,(H,22,26)(H,21,23,24). The summed E-state index contributed by atoms with van der Waals surface area (Å²) >= 11 is 0. The van der Waals surface area contributed by atoms with E-state index in [1.54, 1.807) is 36.5 Å². The van der Waals surface area contributed by atoms with Crippen molar-refractivity contribution in [2.24, 2.45) is 0 Å². The van der Waals surface area contributed by atoms with Crippen molar-refractivity contribution in [3.63, 3.8) is 0 Å². The fourth-order valence-corrected chi connectivity index (χ4v) is 3.14. The lowest BCUT2D eigenvalue weighted by molar-refractivity contribution is 0.101. The quantitative estimate of drug-likeness (QED) is 0.626. The number of hydrogen-bond acceptors (Lipinski definition) is 5. The number of nitrogens with one attached hydrogen (secondary N) is 2. The van der Waals surface area contributed by atoms with Gasteiger partial charge in [0.05, 0.1) is 0 Å². The fraction of sp³-hybridized carbons (Fsp3) is 0.400. The number of ketones is 1. The first-order chi connectivity index (χ1) is 12.6. The normalized spacial score (nSPS) is 15.1. The molecule has 0 atom stereocenters. The van der Waals surface area contributed by atoms with E-state index in [-0.39, 0.29) is 11.7 Å². The first-order valence-corrected chi connectivity index (χ1v) is 9.14. The van der Waals surface area contributed by atoms with Crippen LogP contribution in [0.25, 0.3) is 0 Å². The number of benzene rings is 1. The van der Waals surface area contributed by atoms with Crippen LogP contribution in [0.1, 0.15) is 66.3 Å². The van der Waals surface area contributed by atoms with E-state index in [0.29, 0.717) is 28.9 Å². The fourth-order valence-electron chi connectivity index (χ4n) is 3.14. The molecule has 0 spiro atoms. The summed E-state index contributed by atoms with van der Waals surface area (Å²) in [6.45, 7) is 1.51. The zero-order valence-electron chi connectivity index (χ0n) is 15.0. The van der Waals surface area contributed by atoms with E-state index in [1.807, 2.05) is 0 Å². The van der Waals surface area contributed by atoms with Crippen LogP contribution in [-0.4, -0.2) is 27.7 Å². The van der Waals surface area contributed by atoms with Crippen LogP contribution in [0.3, 0.4) is 0 Å². The third-order valence-corrected chi connectivity index (χ3v) is 4.63. The van der Waals surface area contributed by atoms with E-state index >= 15 is 0 Å². The SMILES string of the molecule is CC(=O)c1ccc(NC(=O)c2ccnc(NC3CCCCCC3)n2)cc1. The first-order valence-electron chi connectivity index (χ1n) is 9.14. The summed E-state index contributed by atoms with van der Waals surface area (Å²) in [5, 5.41) is 6.16. The molecule has 6 heteroatoms. The average molecular weight is 352 g/mol. The van der Waals surface area contributed by atoms with E-state index in [0.717, 1.165) is 12.8 Å². The Kier molecular flexibility index (Phi) is 5.94. The zero-order valence-corrected chi connectivity index (χ0v) is 15.0. The molecule has 6 nitrogen and oxygen atoms in total. The lowest BCUT2D eigenvalue weighted by Gasteiger charge is -2.16. The third kappa shape index (κ3) is 4.88. The lowest BCUT2D eigenvalue weighted by atomic mass is 10.1. The minimum Gasteiger partial charge on any atom is -0.351 e. The second-order valence-electron chi connectivity index (χ2n) is 6.69. The molecule has 0 radical (unpaired) electrons. The van der Waals surface area contributed by atoms with Crippen LogP contribution in [0.5, 0.6) is 0 Å². The topological polar surface area (TPSA) is 84.0 Å². The minimum absolute atomic E-state index is 0.00657. The molecule has 0 saturated heterocycles. The number of hydrogen-bond donors (Lipinski definition) is 2. The van der Waals surface area contributed by atoms with Gasteiger partial charge in [-0.2, -0.15) is 0 Å². The van der Waals surface area contributed by atoms with Crippen molar-refractivity contribution in [2.75, 3.05) is 10.6 Å². The van der Waals surface area contributed by atoms with Crippen LogP contribution in [0, 0.1) is 0 Å². The molecule has 1 aliphatic rings. The summed E-state index contributed by atoms with van der Waals surface area (Å²) in [5.41, 5.74) is 1.54. The highest BCUT2D eigenvalue weighted by Gasteiger charge is 2.15. The first kappa shape index (κ1) is 18.0. The number of carbonyl (C=O) groups is 2. The van der Waals surface area contributed by atoms with Gasteiger partial charge >= 0.3 is 0 Å². The molecule has 0 aliphatic heterocycles. The Bertz CT molecular complexity index is 766. The molecule has 1 heterocycles. The van der Waals surface area contributed by atoms with Crippen LogP contribution < -0.4 is 10.6 Å². The van der Waals surface area contributed by atoms with Crippen molar-refractivity contribution >= 4 is 23.3 Å². The molecule has 1 aromatic heterocycles. The van der Waals surface area contributed by atoms with Crippen molar-refractivity contribution in [1.29, 1.82) is 0 Å². The van der Waals surface area contributed by atoms with E-state index in [2.05, 4.69) is 20.6 Å². The summed E-state index contributed by atoms with van der Waals surface area (Å²) in [7, 11) is 0. The Morgan fingerprint density at radius 2 is 1.69 bits per heavy atom. The Morgan fingerprint density at radius 3 is 2.35 bits per heavy atom. The van der Waals surface area contributed by atoms with Crippen molar-refractivity contribution < 1.29 is 9.59 Å². The monoisotopic (exact) mass is 352 g/mol. The lowest BCUT2D eigenvalue weighted by Crippen LogP contribution is -2.21. The van der Waals surface area contributed by atoms with Gasteiger partial charge in [-0.25, -0.2) is 9.97 Å². The molecule has 1 fully saturated rings. The molecular formula is C20H24N4O2. The van der Waals surface area contributed by atoms with Crippen molar-refractivity contribution in [2.45, 2.75) is 51.5 Å². The molecule has 1 amide bonds. The summed E-state index contributed by atoms with van der Waals surface area (Å²) < 4.78 is 0. The van der Waals surface area contributed by atoms with Gasteiger partial charge in [-0.05, 0) is 50.1 Å². The van der Waals surface area contributed by atoms with Gasteiger partial charge < -0.3 is 10.6 Å². The van der Waals surface area contributed by atoms with Crippen molar-refractivity contribution in [1.82, 2.24) is 9.97 Å². The highest BCUT2D eigenvalue weighted by molar-refractivity contribution is 6.03. The second-order valence-corrected chi connectivity index (χ2v) is 6.69. The highest BCUT2D eigenvalue weighted by Crippen LogP contribution is 2.20. The summed E-state index contributed by atoms with van der Waals surface area (Å²) in [6.07, 6.45) is 8.82. The molecule has 136 valence electrons. The maximum Gasteiger partial charge on any atom is 0.274 e. The maximum absolute atomic E-state index is 12.4. The van der Waals surface area contributed by atoms with Gasteiger partial charge in [0, 0.05) is 23.5 Å². The molecule has 26 heavy (non-hydrogen) atoms. The average Bonchev–Trinajstić information content (AvgIpc) is 2.91. The third-order valence-electron chi connectivity index (χ3n) is 4.63. The number of rotatable bonds is 5. The Balaban J connectivity index is 1.64. The molecule has 1 saturated carbocycles. The van der Waals surface area contributed by atoms with Gasteiger partial charge in [-0.1, -0.05) is 25.7 Å². The van der Waals surface area contributed by atoms with Crippen LogP contribution in [0.2, 0.25) is 0 Å². The van der Waals surface area contributed by atoms with Gasteiger partial charge in [-0.3, -0.25) is 9.59 Å². The van der Waals surface area contributed by atoms with Crippen LogP contribution >= 0.6 is 0 Å². The van der Waals surface area contributed by atoms with Crippen molar-refractivity contribution in [3.05, 3.63) is 47.8 Å². The molecule has 0 unspecified atom stereocenters. The predicted molar refractivity (Wildman–Crippen MR) is 102 cm³/mol. The van der Waals surface area contributed by atoms with E-state index in [4.69, 9.17) is 0 Å². The predicted octanol–water partition coefficient (Wildman–Crippen LogP) is 4.07. The Morgan fingerprint density at radius 1 is 1.00 bits per heavy atom. The van der Waals surface area contributed by atoms with E-state index < -0.39 is 0 Å². The molecular weight excluding hydrogens is 328 g/mol. The summed E-state index contributed by atoms with van der Waals surface area (Å²) in [6, 6.07) is 8.77. The smallest absolute Gasteiger partial charge is 0.274 e. The van der Waals surface area contributed by atoms with Crippen LogP contribution in [-0.2, 0) is 0 Å². The highest BCUT2D eigenvalue weighted by atomic mass is 16.2. The Labute approximate surface area is 153 Å². The molecule has 3 rings (SSSR count). The number of nitrogens with zero attached hydrogens (tertiary/aromatic N) is 2.